The van der Waals surface area contributed by atoms with E-state index in [4.69, 9.17) is 4.55 Å². The van der Waals surface area contributed by atoms with Crippen molar-refractivity contribution in [2.24, 2.45) is 0 Å². The van der Waals surface area contributed by atoms with Crippen LogP contribution in [0.1, 0.15) is 25.7 Å². The van der Waals surface area contributed by atoms with Crippen LogP contribution in [-0.4, -0.2) is 54.0 Å². The largest absolute Gasteiger partial charge is 0.438 e. The predicted octanol–water partition coefficient (Wildman–Crippen LogP) is 5.93. The van der Waals surface area contributed by atoms with Crippen LogP contribution in [0.25, 0.3) is 0 Å². The zero-order valence-corrected chi connectivity index (χ0v) is 15.2. The molecule has 0 aromatic heterocycles. The van der Waals surface area contributed by atoms with E-state index in [0.29, 0.717) is 0 Å². The molecule has 0 rings (SSSR count). The Morgan fingerprint density at radius 1 is 0.548 bits per heavy atom. The van der Waals surface area contributed by atoms with Crippen molar-refractivity contribution in [3.63, 3.8) is 0 Å². The highest BCUT2D eigenvalue weighted by Gasteiger charge is 2.91. The second kappa shape index (κ2) is 8.64. The summed E-state index contributed by atoms with van der Waals surface area (Å²) in [7, 11) is -7.65. The van der Waals surface area contributed by atoms with Crippen LogP contribution >= 0.6 is 0 Å². The molecule has 0 aromatic rings. The molecule has 0 aliphatic heterocycles. The van der Waals surface area contributed by atoms with Gasteiger partial charge in [0, 0.05) is 12.8 Å². The van der Waals surface area contributed by atoms with E-state index in [1.807, 2.05) is 0 Å². The van der Waals surface area contributed by atoms with E-state index in [1.54, 1.807) is 0 Å². The van der Waals surface area contributed by atoms with E-state index in [-0.39, 0.29) is 6.15 Å². The van der Waals surface area contributed by atoms with Gasteiger partial charge in [0.25, 0.3) is 0 Å². The minimum atomic E-state index is -8.21. The van der Waals surface area contributed by atoms with Crippen LogP contribution in [0.5, 0.6) is 0 Å². The van der Waals surface area contributed by atoms with Crippen LogP contribution in [0.3, 0.4) is 0 Å². The van der Waals surface area contributed by atoms with E-state index in [9.17, 15) is 74.3 Å². The van der Waals surface area contributed by atoms with Gasteiger partial charge in [-0.1, -0.05) is 0 Å². The van der Waals surface area contributed by atoms with Gasteiger partial charge in [-0.15, -0.1) is 0 Å². The third-order valence-electron chi connectivity index (χ3n) is 3.53. The van der Waals surface area contributed by atoms with Gasteiger partial charge in [-0.3, -0.25) is 4.55 Å². The Bertz CT molecular complexity index is 716. The molecule has 0 saturated heterocycles. The second-order valence-corrected chi connectivity index (χ2v) is 7.28. The number of hydrogen-bond acceptors (Lipinski definition) is 3. The van der Waals surface area contributed by atoms with E-state index in [2.05, 4.69) is 0 Å². The highest BCUT2D eigenvalue weighted by Crippen LogP contribution is 2.61. The fourth-order valence-electron chi connectivity index (χ4n) is 1.80. The molecule has 4 N–H and O–H groups in total. The van der Waals surface area contributed by atoms with Crippen molar-refractivity contribution in [3.8, 4) is 0 Å². The number of unbranched alkanes of at least 4 members (excludes halogenated alkanes) is 1. The standard InChI is InChI=1S/C11H9F15O3S.H3N/c12-5(13,3-1-2-4-6(14,15)16)7(17,18)8(19,20)9(21,22)10(23,24)11(25,26)30(27,28)29;/h1-4H2,(H,27,28,29);1H3. The lowest BCUT2D eigenvalue weighted by molar-refractivity contribution is -0.417. The molecule has 0 atom stereocenters. The lowest BCUT2D eigenvalue weighted by Gasteiger charge is -2.40. The second-order valence-electron chi connectivity index (χ2n) is 5.82. The maximum atomic E-state index is 13.4. The van der Waals surface area contributed by atoms with Gasteiger partial charge >= 0.3 is 51.2 Å². The lowest BCUT2D eigenvalue weighted by atomic mass is 9.92. The van der Waals surface area contributed by atoms with E-state index >= 15 is 0 Å². The van der Waals surface area contributed by atoms with Crippen LogP contribution in [0.2, 0.25) is 0 Å². The molecule has 0 saturated carbocycles. The molecular weight excluding hydrogens is 511 g/mol. The zero-order valence-electron chi connectivity index (χ0n) is 14.4. The summed E-state index contributed by atoms with van der Waals surface area (Å²) in [5.74, 6) is -38.4. The summed E-state index contributed by atoms with van der Waals surface area (Å²) in [6.45, 7) is 0. The van der Waals surface area contributed by atoms with Gasteiger partial charge in [0.1, 0.15) is 0 Å². The van der Waals surface area contributed by atoms with Gasteiger partial charge in [-0.2, -0.15) is 74.3 Å². The van der Waals surface area contributed by atoms with Crippen molar-refractivity contribution in [2.45, 2.75) is 66.7 Å². The number of alkyl halides is 15. The molecule has 31 heavy (non-hydrogen) atoms. The number of rotatable bonds is 10. The van der Waals surface area contributed by atoms with Crippen molar-refractivity contribution in [1.29, 1.82) is 0 Å². The Morgan fingerprint density at radius 2 is 0.871 bits per heavy atom. The summed E-state index contributed by atoms with van der Waals surface area (Å²) in [5.41, 5.74) is 0. The Labute approximate surface area is 163 Å². The molecule has 0 bridgehead atoms. The molecule has 0 radical (unpaired) electrons. The molecule has 0 heterocycles. The SMILES string of the molecule is N.O=S(=O)(O)C(F)(F)C(F)(F)C(F)(F)C(F)(F)C(F)(F)C(F)(F)CCCCC(F)(F)F. The summed E-state index contributed by atoms with van der Waals surface area (Å²) in [5, 5.41) is -7.54. The van der Waals surface area contributed by atoms with Crippen LogP contribution in [0.15, 0.2) is 0 Å². The van der Waals surface area contributed by atoms with Crippen molar-refractivity contribution in [1.82, 2.24) is 6.15 Å². The smallest absolute Gasteiger partial charge is 0.344 e. The Morgan fingerprint density at radius 3 is 1.19 bits per heavy atom. The normalized spacial score (nSPS) is 15.6. The molecule has 4 nitrogen and oxygen atoms in total. The molecule has 0 aliphatic rings. The first-order valence-corrected chi connectivity index (χ1v) is 8.45. The Balaban J connectivity index is 0. The highest BCUT2D eigenvalue weighted by molar-refractivity contribution is 7.87. The van der Waals surface area contributed by atoms with Crippen molar-refractivity contribution < 1.29 is 78.8 Å². The van der Waals surface area contributed by atoms with Gasteiger partial charge in [0.15, 0.2) is 0 Å². The maximum Gasteiger partial charge on any atom is 0.438 e. The maximum absolute atomic E-state index is 13.4. The quantitative estimate of drug-likeness (QED) is 0.211. The predicted molar refractivity (Wildman–Crippen MR) is 70.8 cm³/mol. The molecule has 0 amide bonds. The number of hydrogen-bond donors (Lipinski definition) is 2. The van der Waals surface area contributed by atoms with Crippen LogP contribution in [0.4, 0.5) is 65.9 Å². The van der Waals surface area contributed by atoms with Gasteiger partial charge in [-0.25, -0.2) is 0 Å². The Kier molecular flexibility index (Phi) is 8.92. The zero-order chi connectivity index (χ0) is 24.8. The third-order valence-corrected chi connectivity index (χ3v) is 4.44. The van der Waals surface area contributed by atoms with Gasteiger partial charge < -0.3 is 6.15 Å². The highest BCUT2D eigenvalue weighted by atomic mass is 32.2. The molecule has 0 fully saturated rings. The van der Waals surface area contributed by atoms with E-state index < -0.39 is 76.8 Å². The van der Waals surface area contributed by atoms with Gasteiger partial charge in [0.05, 0.1) is 0 Å². The lowest BCUT2D eigenvalue weighted by Crippen LogP contribution is -2.71. The fourth-order valence-corrected chi connectivity index (χ4v) is 2.25. The van der Waals surface area contributed by atoms with Crippen LogP contribution < -0.4 is 6.15 Å². The van der Waals surface area contributed by atoms with Gasteiger partial charge in [0.2, 0.25) is 0 Å². The average Bonchev–Trinajstić information content (AvgIpc) is 2.48. The molecule has 0 spiro atoms. The Hall–Kier alpha value is -1.18. The van der Waals surface area contributed by atoms with Crippen LogP contribution in [-0.2, 0) is 10.1 Å². The first-order chi connectivity index (χ1) is 12.7. The number of halogens is 15. The minimum absolute atomic E-state index is 0. The summed E-state index contributed by atoms with van der Waals surface area (Å²) >= 11 is 0. The summed E-state index contributed by atoms with van der Waals surface area (Å²) in [4.78, 5) is 0. The van der Waals surface area contributed by atoms with Gasteiger partial charge in [-0.05, 0) is 12.8 Å². The molecule has 0 aliphatic carbocycles. The summed E-state index contributed by atoms with van der Waals surface area (Å²) in [6.07, 6.45) is -12.7. The molecule has 20 heteroatoms. The topological polar surface area (TPSA) is 89.4 Å². The molecule has 190 valence electrons. The monoisotopic (exact) mass is 523 g/mol. The fraction of sp³-hybridized carbons (Fsp3) is 1.00. The van der Waals surface area contributed by atoms with Crippen molar-refractivity contribution in [2.75, 3.05) is 0 Å². The minimum Gasteiger partial charge on any atom is -0.344 e. The first-order valence-electron chi connectivity index (χ1n) is 7.01. The molecular formula is C11H12F15NO3S. The van der Waals surface area contributed by atoms with E-state index in [1.165, 1.54) is 0 Å². The summed E-state index contributed by atoms with van der Waals surface area (Å²) in [6, 6.07) is 0. The summed E-state index contributed by atoms with van der Waals surface area (Å²) < 4.78 is 222. The molecule has 0 unspecified atom stereocenters. The molecule has 0 aromatic carbocycles. The van der Waals surface area contributed by atoms with E-state index in [0.717, 1.165) is 0 Å². The van der Waals surface area contributed by atoms with Crippen molar-refractivity contribution >= 4 is 10.1 Å². The van der Waals surface area contributed by atoms with Crippen molar-refractivity contribution in [3.05, 3.63) is 0 Å². The third kappa shape index (κ3) is 5.42. The average molecular weight is 523 g/mol. The van der Waals surface area contributed by atoms with Crippen LogP contribution in [0, 0.1) is 0 Å². The first kappa shape index (κ1) is 32.0.